The van der Waals surface area contributed by atoms with Crippen LogP contribution in [0, 0.1) is 11.6 Å². The van der Waals surface area contributed by atoms with Crippen molar-refractivity contribution >= 4 is 17.3 Å². The van der Waals surface area contributed by atoms with Gasteiger partial charge in [0.15, 0.2) is 11.6 Å². The van der Waals surface area contributed by atoms with E-state index in [0.717, 1.165) is 12.8 Å². The van der Waals surface area contributed by atoms with Gasteiger partial charge in [0.25, 0.3) is 0 Å². The van der Waals surface area contributed by atoms with E-state index in [2.05, 4.69) is 0 Å². The second kappa shape index (κ2) is 7.61. The highest BCUT2D eigenvalue weighted by Gasteiger charge is 2.35. The van der Waals surface area contributed by atoms with Gasteiger partial charge in [-0.15, -0.1) is 0 Å². The van der Waals surface area contributed by atoms with Crippen LogP contribution in [-0.4, -0.2) is 56.3 Å². The Morgan fingerprint density at radius 1 is 1.11 bits per heavy atom. The zero-order chi connectivity index (χ0) is 19.8. The normalized spacial score (nSPS) is 21.4. The number of amides is 1. The largest absolute Gasteiger partial charge is 0.401 e. The maximum atomic E-state index is 14.6. The van der Waals surface area contributed by atoms with Crippen molar-refractivity contribution in [2.75, 3.05) is 43.0 Å². The van der Waals surface area contributed by atoms with Crippen molar-refractivity contribution in [3.63, 3.8) is 0 Å². The number of nitrogens with zero attached hydrogens (tertiary/aromatic N) is 3. The van der Waals surface area contributed by atoms with Crippen molar-refractivity contribution in [2.45, 2.75) is 37.9 Å². The molecule has 0 aromatic heterocycles. The molecule has 4 nitrogen and oxygen atoms in total. The van der Waals surface area contributed by atoms with E-state index in [-0.39, 0.29) is 23.8 Å². The van der Waals surface area contributed by atoms with E-state index in [1.165, 1.54) is 29.0 Å². The number of benzene rings is 1. The Hall–Kier alpha value is -1.90. The lowest BCUT2D eigenvalue weighted by Gasteiger charge is -2.29. The molecule has 0 radical (unpaired) electrons. The van der Waals surface area contributed by atoms with Crippen LogP contribution in [0.2, 0.25) is 0 Å². The fraction of sp³-hybridized carbons (Fsp3) is 0.611. The third-order valence-corrected chi connectivity index (χ3v) is 5.21. The SMILES string of the molecule is CN(CC(F)(F)F)C1CCN(c2ccc(N3CCCCC3=O)c(F)c2F)C1. The fourth-order valence-corrected chi connectivity index (χ4v) is 3.77. The molecule has 2 saturated heterocycles. The van der Waals surface area contributed by atoms with Gasteiger partial charge in [0, 0.05) is 32.1 Å². The molecular weight excluding hydrogens is 369 g/mol. The van der Waals surface area contributed by atoms with Gasteiger partial charge in [0.1, 0.15) is 0 Å². The average molecular weight is 391 g/mol. The summed E-state index contributed by atoms with van der Waals surface area (Å²) in [7, 11) is 1.38. The second-order valence-corrected chi connectivity index (χ2v) is 7.15. The number of hydrogen-bond acceptors (Lipinski definition) is 3. The molecule has 150 valence electrons. The molecular formula is C18H22F5N3O. The highest BCUT2D eigenvalue weighted by Crippen LogP contribution is 2.33. The highest BCUT2D eigenvalue weighted by atomic mass is 19.4. The van der Waals surface area contributed by atoms with E-state index in [1.807, 2.05) is 0 Å². The number of likely N-dealkylation sites (N-methyl/N-ethyl adjacent to an activating group) is 1. The predicted molar refractivity (Wildman–Crippen MR) is 91.9 cm³/mol. The molecule has 27 heavy (non-hydrogen) atoms. The highest BCUT2D eigenvalue weighted by molar-refractivity contribution is 5.94. The van der Waals surface area contributed by atoms with Gasteiger partial charge in [-0.3, -0.25) is 9.69 Å². The van der Waals surface area contributed by atoms with Crippen LogP contribution in [0.15, 0.2) is 12.1 Å². The molecule has 0 aliphatic carbocycles. The average Bonchev–Trinajstić information content (AvgIpc) is 3.07. The van der Waals surface area contributed by atoms with Crippen LogP contribution in [0.3, 0.4) is 0 Å². The lowest BCUT2D eigenvalue weighted by molar-refractivity contribution is -0.146. The maximum Gasteiger partial charge on any atom is 0.401 e. The fourth-order valence-electron chi connectivity index (χ4n) is 3.77. The first-order valence-corrected chi connectivity index (χ1v) is 8.97. The maximum absolute atomic E-state index is 14.6. The second-order valence-electron chi connectivity index (χ2n) is 7.15. The van der Waals surface area contributed by atoms with Crippen LogP contribution in [0.25, 0.3) is 0 Å². The molecule has 1 amide bonds. The van der Waals surface area contributed by atoms with Crippen molar-refractivity contribution < 1.29 is 26.7 Å². The Kier molecular flexibility index (Phi) is 5.60. The number of carbonyl (C=O) groups is 1. The summed E-state index contributed by atoms with van der Waals surface area (Å²) in [5.74, 6) is -2.39. The van der Waals surface area contributed by atoms with Crippen molar-refractivity contribution in [1.82, 2.24) is 4.90 Å². The number of rotatable bonds is 4. The first-order valence-electron chi connectivity index (χ1n) is 8.97. The van der Waals surface area contributed by atoms with Gasteiger partial charge in [-0.1, -0.05) is 0 Å². The Bertz CT molecular complexity index is 709. The number of piperidine rings is 1. The Morgan fingerprint density at radius 2 is 1.78 bits per heavy atom. The molecule has 9 heteroatoms. The van der Waals surface area contributed by atoms with Gasteiger partial charge in [-0.25, -0.2) is 8.78 Å². The van der Waals surface area contributed by atoms with Gasteiger partial charge in [-0.05, 0) is 38.4 Å². The van der Waals surface area contributed by atoms with Gasteiger partial charge in [0.05, 0.1) is 17.9 Å². The molecule has 3 rings (SSSR count). The van der Waals surface area contributed by atoms with Crippen LogP contribution < -0.4 is 9.80 Å². The minimum atomic E-state index is -4.30. The van der Waals surface area contributed by atoms with Crippen molar-refractivity contribution in [3.8, 4) is 0 Å². The summed E-state index contributed by atoms with van der Waals surface area (Å²) in [5, 5.41) is 0. The molecule has 0 spiro atoms. The molecule has 0 N–H and O–H groups in total. The van der Waals surface area contributed by atoms with Crippen LogP contribution in [0.5, 0.6) is 0 Å². The first kappa shape index (κ1) is 19.9. The minimum Gasteiger partial charge on any atom is -0.367 e. The Labute approximate surface area is 154 Å². The topological polar surface area (TPSA) is 26.8 Å². The van der Waals surface area contributed by atoms with Crippen molar-refractivity contribution in [3.05, 3.63) is 23.8 Å². The third-order valence-electron chi connectivity index (χ3n) is 5.21. The Balaban J connectivity index is 1.74. The summed E-state index contributed by atoms with van der Waals surface area (Å²) in [6.07, 6.45) is -2.10. The quantitative estimate of drug-likeness (QED) is 0.735. The molecule has 1 unspecified atom stereocenters. The van der Waals surface area contributed by atoms with E-state index in [4.69, 9.17) is 0 Å². The zero-order valence-corrected chi connectivity index (χ0v) is 15.0. The summed E-state index contributed by atoms with van der Waals surface area (Å²) in [6, 6.07) is 2.39. The summed E-state index contributed by atoms with van der Waals surface area (Å²) >= 11 is 0. The number of halogens is 5. The Morgan fingerprint density at radius 3 is 2.44 bits per heavy atom. The van der Waals surface area contributed by atoms with Gasteiger partial charge in [0.2, 0.25) is 5.91 Å². The summed E-state index contributed by atoms with van der Waals surface area (Å²) in [4.78, 5) is 16.0. The molecule has 0 bridgehead atoms. The van der Waals surface area contributed by atoms with Crippen molar-refractivity contribution in [2.24, 2.45) is 0 Å². The summed E-state index contributed by atoms with van der Waals surface area (Å²) in [5.41, 5.74) is -0.0606. The van der Waals surface area contributed by atoms with Crippen molar-refractivity contribution in [1.29, 1.82) is 0 Å². The predicted octanol–water partition coefficient (Wildman–Crippen LogP) is 3.55. The minimum absolute atomic E-state index is 0.0172. The lowest BCUT2D eigenvalue weighted by Crippen LogP contribution is -2.40. The molecule has 2 heterocycles. The smallest absolute Gasteiger partial charge is 0.367 e. The zero-order valence-electron chi connectivity index (χ0n) is 15.0. The molecule has 2 fully saturated rings. The van der Waals surface area contributed by atoms with Crippen LogP contribution in [0.4, 0.5) is 33.3 Å². The molecule has 2 aliphatic heterocycles. The van der Waals surface area contributed by atoms with Gasteiger partial charge in [-0.2, -0.15) is 13.2 Å². The number of alkyl halides is 3. The van der Waals surface area contributed by atoms with E-state index < -0.39 is 30.4 Å². The number of hydrogen-bond donors (Lipinski definition) is 0. The summed E-state index contributed by atoms with van der Waals surface area (Å²) < 4.78 is 66.9. The van der Waals surface area contributed by atoms with Crippen LogP contribution >= 0.6 is 0 Å². The summed E-state index contributed by atoms with van der Waals surface area (Å²) in [6.45, 7) is -0.170. The van der Waals surface area contributed by atoms with E-state index >= 15 is 0 Å². The first-order chi connectivity index (χ1) is 12.7. The third kappa shape index (κ3) is 4.34. The molecule has 1 aromatic carbocycles. The van der Waals surface area contributed by atoms with Gasteiger partial charge >= 0.3 is 6.18 Å². The van der Waals surface area contributed by atoms with Crippen LogP contribution in [0.1, 0.15) is 25.7 Å². The standard InChI is InChI=1S/C18H22F5N3O/c1-24(11-18(21,22)23)12-7-9-25(10-12)13-5-6-14(17(20)16(13)19)26-8-3-2-4-15(26)27/h5-6,12H,2-4,7-11H2,1H3. The molecule has 1 aromatic rings. The molecule has 1 atom stereocenters. The van der Waals surface area contributed by atoms with Gasteiger partial charge < -0.3 is 9.80 Å². The van der Waals surface area contributed by atoms with Crippen LogP contribution in [-0.2, 0) is 4.79 Å². The number of anilines is 2. The molecule has 0 saturated carbocycles. The monoisotopic (exact) mass is 391 g/mol. The molecule has 2 aliphatic rings. The number of carbonyl (C=O) groups excluding carboxylic acids is 1. The van der Waals surface area contributed by atoms with E-state index in [0.29, 0.717) is 25.9 Å². The lowest BCUT2D eigenvalue weighted by atomic mass is 10.1. The van der Waals surface area contributed by atoms with E-state index in [1.54, 1.807) is 4.90 Å². The van der Waals surface area contributed by atoms with E-state index in [9.17, 15) is 26.7 Å².